The number of methoxy groups -OCH3 is 1. The second-order valence-electron chi connectivity index (χ2n) is 17.3. The van der Waals surface area contributed by atoms with E-state index >= 15 is 0 Å². The Morgan fingerprint density at radius 3 is 1.41 bits per heavy atom. The normalized spacial score (nSPS) is 10.8. The molecule has 10 rings (SSSR count). The fraction of sp³-hybridized carbons (Fsp3) is 0.158. The molecule has 8 aromatic heterocycles. The number of hydrogen-bond donors (Lipinski definition) is 4. The second-order valence-corrected chi connectivity index (χ2v) is 17.3. The van der Waals surface area contributed by atoms with Gasteiger partial charge in [0.15, 0.2) is 23.3 Å². The van der Waals surface area contributed by atoms with Crippen molar-refractivity contribution in [3.8, 4) is 45.0 Å². The highest BCUT2D eigenvalue weighted by molar-refractivity contribution is 5.91. The number of carbonyl (C=O) groups is 4. The van der Waals surface area contributed by atoms with Gasteiger partial charge in [0.2, 0.25) is 5.91 Å². The summed E-state index contributed by atoms with van der Waals surface area (Å²) in [5.41, 5.74) is 15.5. The van der Waals surface area contributed by atoms with E-state index in [0.29, 0.717) is 47.5 Å². The molecule has 0 bridgehead atoms. The number of nitrogens with one attached hydrogen (secondary N) is 2. The number of Topliss-reactive ketones (excluding diaryl/α,β-unsaturated/α-hetero) is 2. The van der Waals surface area contributed by atoms with Crippen LogP contribution in [0.2, 0.25) is 0 Å². The highest BCUT2D eigenvalue weighted by Gasteiger charge is 2.19. The Morgan fingerprint density at radius 2 is 0.987 bits per heavy atom. The molecule has 0 aliphatic carbocycles. The first kappa shape index (κ1) is 52.4. The number of amides is 1. The van der Waals surface area contributed by atoms with Crippen molar-refractivity contribution in [2.24, 2.45) is 5.73 Å². The van der Waals surface area contributed by atoms with Crippen molar-refractivity contribution < 1.29 is 23.9 Å². The number of anilines is 2. The molecular weight excluding hydrogens is 961 g/mol. The highest BCUT2D eigenvalue weighted by atomic mass is 16.5. The standard InChI is InChI=1S/C29H26N6O3.C28H25N7O2.H3N/c1-38-26(37)11-10-24(36)16-20-15-22(18-30-17-20)28-33-29(32-19-23-9-5-6-13-31-23)27-25(12-14-35(27)34-28)21-7-3-2-4-8-21;29-25(37)10-9-23(36)15-19-14-21(17-30-16-19)27-33-28(32-18-22-8-4-5-12-31-22)26-24(11-13-35(26)34-27)20-6-2-1-3-7-20;/h2-9,12-15,17-18H,10-11,16,19H2,1H3,(H,32,33,34);1-8,11-14,16-17H,9-10,15,18H2,(H2,29,37)(H,32,33,34);1H3. The van der Waals surface area contributed by atoms with Crippen molar-refractivity contribution in [3.63, 3.8) is 0 Å². The van der Waals surface area contributed by atoms with Gasteiger partial charge in [0, 0.05) is 104 Å². The van der Waals surface area contributed by atoms with Crippen molar-refractivity contribution in [1.29, 1.82) is 0 Å². The Morgan fingerprint density at radius 1 is 0.539 bits per heavy atom. The number of pyridine rings is 4. The fourth-order valence-electron chi connectivity index (χ4n) is 8.25. The predicted octanol–water partition coefficient (Wildman–Crippen LogP) is 8.53. The first-order chi connectivity index (χ1) is 36.7. The summed E-state index contributed by atoms with van der Waals surface area (Å²) in [6.07, 6.45) is 14.6. The van der Waals surface area contributed by atoms with Crippen molar-refractivity contribution in [1.82, 2.24) is 55.3 Å². The molecule has 0 spiro atoms. The maximum Gasteiger partial charge on any atom is 0.305 e. The molecule has 8 heterocycles. The van der Waals surface area contributed by atoms with Gasteiger partial charge in [0.1, 0.15) is 22.6 Å². The average Bonchev–Trinajstić information content (AvgIpc) is 4.10. The Kier molecular flexibility index (Phi) is 17.4. The summed E-state index contributed by atoms with van der Waals surface area (Å²) in [6, 6.07) is 39.4. The number of primary amides is 1. The van der Waals surface area contributed by atoms with Crippen LogP contribution in [0.3, 0.4) is 0 Å². The lowest BCUT2D eigenvalue weighted by Gasteiger charge is -2.12. The van der Waals surface area contributed by atoms with Gasteiger partial charge in [-0.2, -0.15) is 0 Å². The summed E-state index contributed by atoms with van der Waals surface area (Å²) in [5, 5.41) is 16.4. The predicted molar refractivity (Wildman–Crippen MR) is 289 cm³/mol. The van der Waals surface area contributed by atoms with Crippen LogP contribution in [0.4, 0.5) is 11.6 Å². The molecule has 10 aromatic rings. The first-order valence-electron chi connectivity index (χ1n) is 24.1. The monoisotopic (exact) mass is 1010 g/mol. The number of hydrogen-bond acceptors (Lipinski definition) is 16. The number of ether oxygens (including phenoxy) is 1. The summed E-state index contributed by atoms with van der Waals surface area (Å²) in [7, 11) is 1.31. The third-order valence-electron chi connectivity index (χ3n) is 11.9. The molecule has 7 N–H and O–H groups in total. The van der Waals surface area contributed by atoms with Gasteiger partial charge >= 0.3 is 5.97 Å². The van der Waals surface area contributed by atoms with Crippen LogP contribution in [0.25, 0.3) is 56.1 Å². The number of nitrogens with two attached hydrogens (primary N) is 1. The molecule has 19 nitrogen and oxygen atoms in total. The topological polar surface area (TPSA) is 275 Å². The van der Waals surface area contributed by atoms with Crippen molar-refractivity contribution in [2.45, 2.75) is 51.6 Å². The van der Waals surface area contributed by atoms with Gasteiger partial charge in [-0.15, -0.1) is 10.2 Å². The number of aromatic nitrogens is 10. The van der Waals surface area contributed by atoms with E-state index in [0.717, 1.165) is 55.8 Å². The van der Waals surface area contributed by atoms with Gasteiger partial charge in [-0.3, -0.25) is 39.1 Å². The Bertz CT molecular complexity index is 3590. The Balaban J connectivity index is 0.000000199. The molecule has 0 saturated carbocycles. The minimum atomic E-state index is -0.491. The lowest BCUT2D eigenvalue weighted by Crippen LogP contribution is -2.13. The summed E-state index contributed by atoms with van der Waals surface area (Å²) in [6.45, 7) is 0.971. The van der Waals surface area contributed by atoms with E-state index in [1.165, 1.54) is 7.11 Å². The molecule has 0 fully saturated rings. The molecular formula is C57H54N14O5. The lowest BCUT2D eigenvalue weighted by molar-refractivity contribution is -0.141. The Labute approximate surface area is 437 Å². The molecule has 0 atom stereocenters. The van der Waals surface area contributed by atoms with Gasteiger partial charge in [0.05, 0.1) is 38.0 Å². The Hall–Kier alpha value is -9.88. The number of esters is 1. The van der Waals surface area contributed by atoms with Gasteiger partial charge in [-0.05, 0) is 70.8 Å². The molecule has 382 valence electrons. The second kappa shape index (κ2) is 25.2. The largest absolute Gasteiger partial charge is 0.469 e. The van der Waals surface area contributed by atoms with E-state index < -0.39 is 11.9 Å². The zero-order valence-corrected chi connectivity index (χ0v) is 41.6. The molecule has 0 unspecified atom stereocenters. The van der Waals surface area contributed by atoms with Crippen LogP contribution in [0.5, 0.6) is 0 Å². The van der Waals surface area contributed by atoms with Crippen LogP contribution in [-0.4, -0.2) is 79.7 Å². The number of carbonyl (C=O) groups excluding carboxylic acids is 4. The summed E-state index contributed by atoms with van der Waals surface area (Å²) in [4.78, 5) is 74.2. The van der Waals surface area contributed by atoms with Gasteiger partial charge in [-0.25, -0.2) is 19.0 Å². The number of fused-ring (bicyclic) bond motifs is 2. The van der Waals surface area contributed by atoms with Crippen LogP contribution in [0, 0.1) is 0 Å². The minimum absolute atomic E-state index is 0. The van der Waals surface area contributed by atoms with E-state index in [-0.39, 0.29) is 56.2 Å². The molecule has 2 aromatic carbocycles. The zero-order valence-electron chi connectivity index (χ0n) is 41.6. The van der Waals surface area contributed by atoms with E-state index in [1.807, 2.05) is 109 Å². The smallest absolute Gasteiger partial charge is 0.305 e. The fourth-order valence-corrected chi connectivity index (χ4v) is 8.25. The lowest BCUT2D eigenvalue weighted by atomic mass is 10.1. The number of benzene rings is 2. The van der Waals surface area contributed by atoms with Crippen LogP contribution < -0.4 is 22.5 Å². The summed E-state index contributed by atoms with van der Waals surface area (Å²) < 4.78 is 8.23. The van der Waals surface area contributed by atoms with Crippen molar-refractivity contribution >= 4 is 46.1 Å². The third kappa shape index (κ3) is 13.4. The first-order valence-corrected chi connectivity index (χ1v) is 24.1. The molecule has 0 radical (unpaired) electrons. The van der Waals surface area contributed by atoms with Gasteiger partial charge in [-0.1, -0.05) is 72.8 Å². The van der Waals surface area contributed by atoms with Crippen LogP contribution in [0.15, 0.2) is 171 Å². The maximum atomic E-state index is 12.4. The SMILES string of the molecule is COC(=O)CCC(=O)Cc1cncc(-c2nc(NCc3ccccn3)c3c(-c4ccccc4)ccn3n2)c1.N.NC(=O)CCC(=O)Cc1cncc(-c2nc(NCc3ccccn3)c3c(-c4ccccc4)ccn3n2)c1. The molecule has 0 saturated heterocycles. The van der Waals surface area contributed by atoms with E-state index in [4.69, 9.17) is 25.9 Å². The summed E-state index contributed by atoms with van der Waals surface area (Å²) in [5.74, 6) is 1.20. The molecule has 0 aliphatic heterocycles. The van der Waals surface area contributed by atoms with Gasteiger partial charge in [0.25, 0.3) is 0 Å². The highest BCUT2D eigenvalue weighted by Crippen LogP contribution is 2.33. The van der Waals surface area contributed by atoms with Crippen molar-refractivity contribution in [3.05, 3.63) is 193 Å². The molecule has 0 aliphatic rings. The zero-order chi connectivity index (χ0) is 51.9. The van der Waals surface area contributed by atoms with E-state index in [2.05, 4.69) is 59.6 Å². The quantitative estimate of drug-likeness (QED) is 0.0521. The van der Waals surface area contributed by atoms with Gasteiger partial charge < -0.3 is 27.3 Å². The van der Waals surface area contributed by atoms with Crippen LogP contribution >= 0.6 is 0 Å². The average molecular weight is 1020 g/mol. The number of nitrogens with zero attached hydrogens (tertiary/aromatic N) is 10. The van der Waals surface area contributed by atoms with E-state index in [9.17, 15) is 19.2 Å². The summed E-state index contributed by atoms with van der Waals surface area (Å²) >= 11 is 0. The van der Waals surface area contributed by atoms with Crippen molar-refractivity contribution in [2.75, 3.05) is 17.7 Å². The van der Waals surface area contributed by atoms with Crippen LogP contribution in [-0.2, 0) is 49.8 Å². The van der Waals surface area contributed by atoms with Crippen LogP contribution in [0.1, 0.15) is 48.2 Å². The molecule has 1 amide bonds. The van der Waals surface area contributed by atoms with E-state index in [1.54, 1.807) is 46.2 Å². The maximum absolute atomic E-state index is 12.4. The molecule has 76 heavy (non-hydrogen) atoms. The molecule has 19 heteroatoms. The minimum Gasteiger partial charge on any atom is -0.469 e. The number of ketones is 2. The third-order valence-corrected chi connectivity index (χ3v) is 11.9. The number of rotatable bonds is 20.